The summed E-state index contributed by atoms with van der Waals surface area (Å²) in [7, 11) is 1.71. The number of para-hydroxylation sites is 1. The summed E-state index contributed by atoms with van der Waals surface area (Å²) in [6, 6.07) is 10.9. The van der Waals surface area contributed by atoms with E-state index >= 15 is 0 Å². The standard InChI is InChI=1S/C19H22N4O3/c1-22-12-14(17(20)24)11-16(22)19(26)23-9-7-13(8-10-23)18(25)21-15-5-3-2-4-6-15/h2-6,11-13H,7-10H2,1H3,(H2,20,24)(H,21,25). The molecule has 136 valence electrons. The zero-order chi connectivity index (χ0) is 18.7. The molecule has 3 N–H and O–H groups in total. The number of primary amides is 1. The van der Waals surface area contributed by atoms with Gasteiger partial charge in [0.05, 0.1) is 5.56 Å². The van der Waals surface area contributed by atoms with Gasteiger partial charge in [-0.3, -0.25) is 14.4 Å². The molecule has 2 heterocycles. The van der Waals surface area contributed by atoms with Gasteiger partial charge in [-0.05, 0) is 31.0 Å². The Morgan fingerprint density at radius 1 is 1.12 bits per heavy atom. The van der Waals surface area contributed by atoms with E-state index in [2.05, 4.69) is 5.32 Å². The van der Waals surface area contributed by atoms with Gasteiger partial charge >= 0.3 is 0 Å². The van der Waals surface area contributed by atoms with Gasteiger partial charge in [-0.1, -0.05) is 18.2 Å². The summed E-state index contributed by atoms with van der Waals surface area (Å²) in [5, 5.41) is 2.91. The molecule has 1 aromatic heterocycles. The lowest BCUT2D eigenvalue weighted by Crippen LogP contribution is -2.42. The largest absolute Gasteiger partial charge is 0.366 e. The van der Waals surface area contributed by atoms with Gasteiger partial charge in [0.15, 0.2) is 0 Å². The van der Waals surface area contributed by atoms with Crippen LogP contribution in [0.5, 0.6) is 0 Å². The Balaban J connectivity index is 1.59. The molecule has 0 bridgehead atoms. The second kappa shape index (κ2) is 7.43. The Labute approximate surface area is 151 Å². The third-order valence-electron chi connectivity index (χ3n) is 4.70. The molecule has 0 spiro atoms. The van der Waals surface area contributed by atoms with Crippen LogP contribution in [0.4, 0.5) is 5.69 Å². The number of nitrogens with two attached hydrogens (primary N) is 1. The number of benzene rings is 1. The Kier molecular flexibility index (Phi) is 5.06. The number of likely N-dealkylation sites (tertiary alicyclic amines) is 1. The molecule has 7 heteroatoms. The van der Waals surface area contributed by atoms with Crippen LogP contribution in [-0.4, -0.2) is 40.3 Å². The van der Waals surface area contributed by atoms with Crippen molar-refractivity contribution in [2.45, 2.75) is 12.8 Å². The van der Waals surface area contributed by atoms with Crippen LogP contribution in [0.3, 0.4) is 0 Å². The Bertz CT molecular complexity index is 821. The van der Waals surface area contributed by atoms with Gasteiger partial charge in [-0.25, -0.2) is 0 Å². The molecular formula is C19H22N4O3. The van der Waals surface area contributed by atoms with Gasteiger partial charge in [0.25, 0.3) is 5.91 Å². The number of amides is 3. The number of anilines is 1. The number of carbonyl (C=O) groups excluding carboxylic acids is 3. The lowest BCUT2D eigenvalue weighted by Gasteiger charge is -2.31. The topological polar surface area (TPSA) is 97.4 Å². The zero-order valence-electron chi connectivity index (χ0n) is 14.6. The molecule has 2 aromatic rings. The van der Waals surface area contributed by atoms with Crippen molar-refractivity contribution in [2.75, 3.05) is 18.4 Å². The number of hydrogen-bond donors (Lipinski definition) is 2. The van der Waals surface area contributed by atoms with Crippen molar-refractivity contribution in [3.05, 3.63) is 53.9 Å². The fourth-order valence-corrected chi connectivity index (χ4v) is 3.18. The number of aromatic nitrogens is 1. The number of hydrogen-bond acceptors (Lipinski definition) is 3. The van der Waals surface area contributed by atoms with E-state index in [-0.39, 0.29) is 17.7 Å². The summed E-state index contributed by atoms with van der Waals surface area (Å²) in [5.41, 5.74) is 6.78. The second-order valence-corrected chi connectivity index (χ2v) is 6.51. The minimum absolute atomic E-state index is 0.0156. The first-order valence-electron chi connectivity index (χ1n) is 8.57. The fraction of sp³-hybridized carbons (Fsp3) is 0.316. The smallest absolute Gasteiger partial charge is 0.270 e. The summed E-state index contributed by atoms with van der Waals surface area (Å²) in [5.74, 6) is -0.843. The summed E-state index contributed by atoms with van der Waals surface area (Å²) in [6.07, 6.45) is 2.77. The molecule has 3 rings (SSSR count). The van der Waals surface area contributed by atoms with Crippen LogP contribution in [0.1, 0.15) is 33.7 Å². The van der Waals surface area contributed by atoms with E-state index in [0.29, 0.717) is 37.2 Å². The average Bonchev–Trinajstić information content (AvgIpc) is 3.04. The number of aryl methyl sites for hydroxylation is 1. The maximum atomic E-state index is 12.7. The molecule has 0 aliphatic carbocycles. The molecule has 7 nitrogen and oxygen atoms in total. The number of rotatable bonds is 4. The molecule has 1 aliphatic rings. The maximum Gasteiger partial charge on any atom is 0.270 e. The highest BCUT2D eigenvalue weighted by Crippen LogP contribution is 2.21. The van der Waals surface area contributed by atoms with Crippen LogP contribution in [0.25, 0.3) is 0 Å². The maximum absolute atomic E-state index is 12.7. The average molecular weight is 354 g/mol. The van der Waals surface area contributed by atoms with Crippen molar-refractivity contribution in [1.29, 1.82) is 0 Å². The molecule has 0 saturated carbocycles. The number of nitrogens with zero attached hydrogens (tertiary/aromatic N) is 2. The molecule has 1 aromatic carbocycles. The summed E-state index contributed by atoms with van der Waals surface area (Å²) < 4.78 is 1.61. The molecule has 1 fully saturated rings. The monoisotopic (exact) mass is 354 g/mol. The van der Waals surface area contributed by atoms with Crippen LogP contribution >= 0.6 is 0 Å². The van der Waals surface area contributed by atoms with Gasteiger partial charge < -0.3 is 20.5 Å². The second-order valence-electron chi connectivity index (χ2n) is 6.51. The lowest BCUT2D eigenvalue weighted by atomic mass is 9.95. The van der Waals surface area contributed by atoms with E-state index in [9.17, 15) is 14.4 Å². The first-order valence-corrected chi connectivity index (χ1v) is 8.57. The van der Waals surface area contributed by atoms with Crippen molar-refractivity contribution < 1.29 is 14.4 Å². The van der Waals surface area contributed by atoms with Crippen LogP contribution in [0.2, 0.25) is 0 Å². The molecule has 26 heavy (non-hydrogen) atoms. The molecule has 0 atom stereocenters. The Morgan fingerprint density at radius 2 is 1.77 bits per heavy atom. The molecule has 0 unspecified atom stereocenters. The van der Waals surface area contributed by atoms with Crippen molar-refractivity contribution >= 4 is 23.4 Å². The molecule has 1 aliphatic heterocycles. The summed E-state index contributed by atoms with van der Waals surface area (Å²) in [6.45, 7) is 1.01. The van der Waals surface area contributed by atoms with Gasteiger partial charge in [0.2, 0.25) is 11.8 Å². The van der Waals surface area contributed by atoms with Crippen LogP contribution in [-0.2, 0) is 11.8 Å². The fourth-order valence-electron chi connectivity index (χ4n) is 3.18. The Hall–Kier alpha value is -3.09. The van der Waals surface area contributed by atoms with E-state index in [1.165, 1.54) is 6.07 Å². The SMILES string of the molecule is Cn1cc(C(N)=O)cc1C(=O)N1CCC(C(=O)Nc2ccccc2)CC1. The molecular weight excluding hydrogens is 332 g/mol. The first-order chi connectivity index (χ1) is 12.5. The normalized spacial score (nSPS) is 14.9. The summed E-state index contributed by atoms with van der Waals surface area (Å²) >= 11 is 0. The van der Waals surface area contributed by atoms with Crippen molar-refractivity contribution in [2.24, 2.45) is 18.7 Å². The highest BCUT2D eigenvalue weighted by atomic mass is 16.2. The third-order valence-corrected chi connectivity index (χ3v) is 4.70. The third kappa shape index (κ3) is 3.77. The molecule has 0 radical (unpaired) electrons. The van der Waals surface area contributed by atoms with E-state index in [4.69, 9.17) is 5.73 Å². The minimum atomic E-state index is -0.559. The van der Waals surface area contributed by atoms with Gasteiger partial charge in [-0.2, -0.15) is 0 Å². The Morgan fingerprint density at radius 3 is 2.35 bits per heavy atom. The van der Waals surface area contributed by atoms with E-state index in [1.54, 1.807) is 22.7 Å². The number of carbonyl (C=O) groups is 3. The first kappa shape index (κ1) is 17.7. The predicted octanol–water partition coefficient (Wildman–Crippen LogP) is 1.61. The highest BCUT2D eigenvalue weighted by Gasteiger charge is 2.29. The van der Waals surface area contributed by atoms with Crippen molar-refractivity contribution in [3.63, 3.8) is 0 Å². The molecule has 3 amide bonds. The zero-order valence-corrected chi connectivity index (χ0v) is 14.6. The number of nitrogens with one attached hydrogen (secondary N) is 1. The van der Waals surface area contributed by atoms with Crippen molar-refractivity contribution in [1.82, 2.24) is 9.47 Å². The van der Waals surface area contributed by atoms with E-state index in [0.717, 1.165) is 5.69 Å². The van der Waals surface area contributed by atoms with E-state index in [1.807, 2.05) is 30.3 Å². The van der Waals surface area contributed by atoms with Crippen LogP contribution in [0, 0.1) is 5.92 Å². The lowest BCUT2D eigenvalue weighted by molar-refractivity contribution is -0.121. The van der Waals surface area contributed by atoms with Gasteiger partial charge in [0, 0.05) is 37.9 Å². The quantitative estimate of drug-likeness (QED) is 0.873. The highest BCUT2D eigenvalue weighted by molar-refractivity contribution is 5.99. The van der Waals surface area contributed by atoms with Crippen LogP contribution in [0.15, 0.2) is 42.6 Å². The van der Waals surface area contributed by atoms with Gasteiger partial charge in [0.1, 0.15) is 5.69 Å². The van der Waals surface area contributed by atoms with E-state index < -0.39 is 5.91 Å². The minimum Gasteiger partial charge on any atom is -0.366 e. The predicted molar refractivity (Wildman–Crippen MR) is 97.6 cm³/mol. The summed E-state index contributed by atoms with van der Waals surface area (Å²) in [4.78, 5) is 38.0. The van der Waals surface area contributed by atoms with Gasteiger partial charge in [-0.15, -0.1) is 0 Å². The van der Waals surface area contributed by atoms with Crippen molar-refractivity contribution in [3.8, 4) is 0 Å². The number of piperidine rings is 1. The molecule has 1 saturated heterocycles. The van der Waals surface area contributed by atoms with Crippen LogP contribution < -0.4 is 11.1 Å².